The number of alkyl halides is 1. The molecule has 0 amide bonds. The van der Waals surface area contributed by atoms with Gasteiger partial charge in [0.1, 0.15) is 11.6 Å². The molecule has 0 radical (unpaired) electrons. The molecule has 0 saturated heterocycles. The highest BCUT2D eigenvalue weighted by atomic mass is 79.9. The molecule has 0 bridgehead atoms. The Morgan fingerprint density at radius 3 is 2.67 bits per heavy atom. The lowest BCUT2D eigenvalue weighted by Crippen LogP contribution is -1.91. The Bertz CT molecular complexity index is 800. The number of ether oxygens (including phenoxy) is 1. The predicted octanol–water partition coefficient (Wildman–Crippen LogP) is 6.30. The minimum Gasteiger partial charge on any atom is -0.496 e. The molecule has 0 aliphatic heterocycles. The standard InChI is InChI=1S/C16H11Br2FOS/c1-20-13-5-3-10(6-12(13)17)16(18)15-7-9-2-4-11(19)8-14(9)21-15/h2-8,16H,1H3. The van der Waals surface area contributed by atoms with Crippen molar-refractivity contribution in [1.82, 2.24) is 0 Å². The van der Waals surface area contributed by atoms with Crippen LogP contribution in [0.3, 0.4) is 0 Å². The number of rotatable bonds is 3. The van der Waals surface area contributed by atoms with Gasteiger partial charge in [0.15, 0.2) is 0 Å². The van der Waals surface area contributed by atoms with Crippen LogP contribution >= 0.6 is 43.2 Å². The lowest BCUT2D eigenvalue weighted by molar-refractivity contribution is 0.412. The summed E-state index contributed by atoms with van der Waals surface area (Å²) in [5.74, 6) is 0.603. The van der Waals surface area contributed by atoms with Crippen molar-refractivity contribution in [2.75, 3.05) is 7.11 Å². The van der Waals surface area contributed by atoms with Crippen molar-refractivity contribution in [3.05, 3.63) is 63.2 Å². The van der Waals surface area contributed by atoms with Gasteiger partial charge in [-0.05, 0) is 57.2 Å². The maximum absolute atomic E-state index is 13.3. The molecule has 3 rings (SSSR count). The zero-order valence-corrected chi connectivity index (χ0v) is 15.1. The molecule has 5 heteroatoms. The third kappa shape index (κ3) is 3.00. The number of benzene rings is 2. The lowest BCUT2D eigenvalue weighted by Gasteiger charge is -2.10. The summed E-state index contributed by atoms with van der Waals surface area (Å²) < 4.78 is 20.4. The summed E-state index contributed by atoms with van der Waals surface area (Å²) in [4.78, 5) is 1.22. The molecule has 0 aliphatic carbocycles. The first-order valence-corrected chi connectivity index (χ1v) is 8.77. The van der Waals surface area contributed by atoms with Crippen LogP contribution in [-0.4, -0.2) is 7.11 Å². The molecular formula is C16H11Br2FOS. The van der Waals surface area contributed by atoms with E-state index >= 15 is 0 Å². The molecule has 0 spiro atoms. The first kappa shape index (κ1) is 15.0. The second-order valence-electron chi connectivity index (χ2n) is 4.59. The van der Waals surface area contributed by atoms with Crippen LogP contribution in [0.2, 0.25) is 0 Å². The van der Waals surface area contributed by atoms with E-state index in [1.54, 1.807) is 24.5 Å². The van der Waals surface area contributed by atoms with Crippen LogP contribution in [0, 0.1) is 5.82 Å². The van der Waals surface area contributed by atoms with Gasteiger partial charge in [-0.1, -0.05) is 28.1 Å². The van der Waals surface area contributed by atoms with Crippen LogP contribution in [-0.2, 0) is 0 Å². The Kier molecular flexibility index (Phi) is 4.33. The van der Waals surface area contributed by atoms with Crippen molar-refractivity contribution < 1.29 is 9.13 Å². The summed E-state index contributed by atoms with van der Waals surface area (Å²) in [6, 6.07) is 13.0. The summed E-state index contributed by atoms with van der Waals surface area (Å²) in [6.45, 7) is 0. The summed E-state index contributed by atoms with van der Waals surface area (Å²) in [5, 5.41) is 1.06. The molecule has 0 aliphatic rings. The summed E-state index contributed by atoms with van der Waals surface area (Å²) >= 11 is 8.82. The SMILES string of the molecule is COc1ccc(C(Br)c2cc3ccc(F)cc3s2)cc1Br. The van der Waals surface area contributed by atoms with Gasteiger partial charge < -0.3 is 4.74 Å². The van der Waals surface area contributed by atoms with Crippen molar-refractivity contribution >= 4 is 53.3 Å². The van der Waals surface area contributed by atoms with Gasteiger partial charge in [-0.25, -0.2) is 4.39 Å². The van der Waals surface area contributed by atoms with E-state index in [0.29, 0.717) is 0 Å². The summed E-state index contributed by atoms with van der Waals surface area (Å²) in [5.41, 5.74) is 1.12. The highest BCUT2D eigenvalue weighted by Crippen LogP contribution is 2.40. The van der Waals surface area contributed by atoms with Crippen LogP contribution < -0.4 is 4.74 Å². The first-order valence-electron chi connectivity index (χ1n) is 6.25. The lowest BCUT2D eigenvalue weighted by atomic mass is 10.1. The third-order valence-electron chi connectivity index (χ3n) is 3.22. The molecule has 3 aromatic rings. The van der Waals surface area contributed by atoms with E-state index in [4.69, 9.17) is 4.74 Å². The zero-order valence-electron chi connectivity index (χ0n) is 11.1. The summed E-state index contributed by atoms with van der Waals surface area (Å²) in [7, 11) is 1.64. The molecule has 1 nitrogen and oxygen atoms in total. The van der Waals surface area contributed by atoms with Crippen LogP contribution in [0.25, 0.3) is 10.1 Å². The molecule has 0 saturated carbocycles. The molecule has 2 aromatic carbocycles. The van der Waals surface area contributed by atoms with E-state index < -0.39 is 0 Å². The molecule has 1 aromatic heterocycles. The first-order chi connectivity index (χ1) is 10.1. The van der Waals surface area contributed by atoms with Gasteiger partial charge in [0.05, 0.1) is 16.4 Å². The van der Waals surface area contributed by atoms with Gasteiger partial charge in [-0.3, -0.25) is 0 Å². The maximum Gasteiger partial charge on any atom is 0.133 e. The fourth-order valence-electron chi connectivity index (χ4n) is 2.15. The average molecular weight is 430 g/mol. The molecule has 21 heavy (non-hydrogen) atoms. The average Bonchev–Trinajstić information content (AvgIpc) is 2.89. The fourth-order valence-corrected chi connectivity index (χ4v) is 4.51. The van der Waals surface area contributed by atoms with Crippen LogP contribution in [0.5, 0.6) is 5.75 Å². The van der Waals surface area contributed by atoms with E-state index in [-0.39, 0.29) is 10.6 Å². The van der Waals surface area contributed by atoms with E-state index in [0.717, 1.165) is 30.7 Å². The van der Waals surface area contributed by atoms with E-state index in [1.165, 1.54) is 6.07 Å². The van der Waals surface area contributed by atoms with E-state index in [9.17, 15) is 4.39 Å². The zero-order chi connectivity index (χ0) is 15.0. The minimum atomic E-state index is -0.200. The number of fused-ring (bicyclic) bond motifs is 1. The fraction of sp³-hybridized carbons (Fsp3) is 0.125. The molecule has 108 valence electrons. The Balaban J connectivity index is 1.99. The largest absolute Gasteiger partial charge is 0.496 e. The van der Waals surface area contributed by atoms with Crippen molar-refractivity contribution in [2.24, 2.45) is 0 Å². The normalized spacial score (nSPS) is 12.6. The molecule has 0 fully saturated rings. The van der Waals surface area contributed by atoms with Gasteiger partial charge in [0.2, 0.25) is 0 Å². The third-order valence-corrected chi connectivity index (χ3v) is 6.33. The van der Waals surface area contributed by atoms with Gasteiger partial charge in [-0.2, -0.15) is 0 Å². The van der Waals surface area contributed by atoms with Crippen molar-refractivity contribution in [3.63, 3.8) is 0 Å². The van der Waals surface area contributed by atoms with Gasteiger partial charge in [-0.15, -0.1) is 11.3 Å². The Morgan fingerprint density at radius 2 is 1.95 bits per heavy atom. The smallest absolute Gasteiger partial charge is 0.133 e. The highest BCUT2D eigenvalue weighted by molar-refractivity contribution is 9.10. The van der Waals surface area contributed by atoms with Crippen molar-refractivity contribution in [3.8, 4) is 5.75 Å². The molecular weight excluding hydrogens is 419 g/mol. The van der Waals surface area contributed by atoms with E-state index in [2.05, 4.69) is 37.9 Å². The highest BCUT2D eigenvalue weighted by Gasteiger charge is 2.15. The Morgan fingerprint density at radius 1 is 1.14 bits per heavy atom. The molecule has 1 atom stereocenters. The van der Waals surface area contributed by atoms with Gasteiger partial charge >= 0.3 is 0 Å². The second kappa shape index (κ2) is 6.07. The van der Waals surface area contributed by atoms with Crippen LogP contribution in [0.1, 0.15) is 15.3 Å². The quantitative estimate of drug-likeness (QED) is 0.444. The molecule has 1 unspecified atom stereocenters. The number of hydrogen-bond donors (Lipinski definition) is 0. The molecule has 0 N–H and O–H groups in total. The maximum atomic E-state index is 13.3. The minimum absolute atomic E-state index is 0.0696. The van der Waals surface area contributed by atoms with Crippen LogP contribution in [0.4, 0.5) is 4.39 Å². The molecule has 1 heterocycles. The Labute approximate surface area is 143 Å². The Hall–Kier alpha value is -0.910. The predicted molar refractivity (Wildman–Crippen MR) is 93.2 cm³/mol. The van der Waals surface area contributed by atoms with Crippen molar-refractivity contribution in [1.29, 1.82) is 0 Å². The van der Waals surface area contributed by atoms with Gasteiger partial charge in [0, 0.05) is 9.58 Å². The topological polar surface area (TPSA) is 9.23 Å². The number of halogens is 3. The second-order valence-corrected chi connectivity index (χ2v) is 7.47. The number of hydrogen-bond acceptors (Lipinski definition) is 2. The number of thiophene rings is 1. The van der Waals surface area contributed by atoms with Crippen molar-refractivity contribution in [2.45, 2.75) is 4.83 Å². The van der Waals surface area contributed by atoms with Gasteiger partial charge in [0.25, 0.3) is 0 Å². The number of methoxy groups -OCH3 is 1. The summed E-state index contributed by atoms with van der Waals surface area (Å²) in [6.07, 6.45) is 0. The van der Waals surface area contributed by atoms with E-state index in [1.807, 2.05) is 24.3 Å². The van der Waals surface area contributed by atoms with Crippen LogP contribution in [0.15, 0.2) is 46.9 Å². The monoisotopic (exact) mass is 428 g/mol.